The molecule has 0 aliphatic carbocycles. The molecule has 0 saturated carbocycles. The molecule has 0 bridgehead atoms. The third kappa shape index (κ3) is 3.73. The summed E-state index contributed by atoms with van der Waals surface area (Å²) in [6, 6.07) is 10.1. The molecule has 0 atom stereocenters. The Labute approximate surface area is 120 Å². The van der Waals surface area contributed by atoms with Gasteiger partial charge in [0.25, 0.3) is 5.91 Å². The van der Waals surface area contributed by atoms with Gasteiger partial charge in [0.15, 0.2) is 0 Å². The van der Waals surface area contributed by atoms with Gasteiger partial charge in [0.1, 0.15) is 11.5 Å². The Kier molecular flexibility index (Phi) is 4.08. The highest BCUT2D eigenvalue weighted by molar-refractivity contribution is 6.06. The van der Waals surface area contributed by atoms with Gasteiger partial charge in [0.2, 0.25) is 0 Å². The van der Waals surface area contributed by atoms with Crippen LogP contribution in [-0.4, -0.2) is 27.2 Å². The quantitative estimate of drug-likeness (QED) is 0.688. The van der Waals surface area contributed by atoms with Crippen LogP contribution in [0, 0.1) is 0 Å². The zero-order valence-corrected chi connectivity index (χ0v) is 10.9. The van der Waals surface area contributed by atoms with Crippen LogP contribution in [0.5, 0.6) is 11.5 Å². The minimum absolute atomic E-state index is 0.0106. The molecule has 0 unspecified atom stereocenters. The van der Waals surface area contributed by atoms with Crippen molar-refractivity contribution in [2.75, 3.05) is 5.32 Å². The fraction of sp³-hybridized carbons (Fsp3) is 0.0667. The molecule has 108 valence electrons. The van der Waals surface area contributed by atoms with Crippen LogP contribution in [0.2, 0.25) is 0 Å². The Balaban J connectivity index is 2.17. The lowest BCUT2D eigenvalue weighted by atomic mass is 10.1. The maximum atomic E-state index is 12.0. The maximum Gasteiger partial charge on any atom is 0.307 e. The Morgan fingerprint density at radius 1 is 1.05 bits per heavy atom. The molecule has 1 amide bonds. The summed E-state index contributed by atoms with van der Waals surface area (Å²) in [6.07, 6.45) is -0.145. The summed E-state index contributed by atoms with van der Waals surface area (Å²) in [5.41, 5.74) is 0.984. The molecule has 4 N–H and O–H groups in total. The van der Waals surface area contributed by atoms with Crippen LogP contribution in [0.4, 0.5) is 5.69 Å². The van der Waals surface area contributed by atoms with Gasteiger partial charge >= 0.3 is 5.97 Å². The second-order valence-corrected chi connectivity index (χ2v) is 4.43. The average molecular weight is 287 g/mol. The van der Waals surface area contributed by atoms with Crippen LogP contribution in [-0.2, 0) is 11.2 Å². The highest BCUT2D eigenvalue weighted by atomic mass is 16.4. The molecule has 2 aromatic carbocycles. The van der Waals surface area contributed by atoms with E-state index in [1.807, 2.05) is 0 Å². The molecule has 0 radical (unpaired) electrons. The molecule has 0 saturated heterocycles. The lowest BCUT2D eigenvalue weighted by Gasteiger charge is -2.08. The second kappa shape index (κ2) is 5.96. The monoisotopic (exact) mass is 287 g/mol. The van der Waals surface area contributed by atoms with E-state index in [9.17, 15) is 19.8 Å². The summed E-state index contributed by atoms with van der Waals surface area (Å²) < 4.78 is 0. The number of aliphatic carboxylic acids is 1. The molecule has 0 aliphatic heterocycles. The molecule has 21 heavy (non-hydrogen) atoms. The van der Waals surface area contributed by atoms with Gasteiger partial charge in [0.05, 0.1) is 12.0 Å². The van der Waals surface area contributed by atoms with E-state index in [1.54, 1.807) is 24.3 Å². The number of carbonyl (C=O) groups excluding carboxylic acids is 1. The molecule has 0 aliphatic rings. The van der Waals surface area contributed by atoms with Crippen LogP contribution in [0.3, 0.4) is 0 Å². The van der Waals surface area contributed by atoms with Gasteiger partial charge < -0.3 is 20.6 Å². The van der Waals surface area contributed by atoms with Gasteiger partial charge in [-0.1, -0.05) is 12.1 Å². The van der Waals surface area contributed by atoms with E-state index in [4.69, 9.17) is 5.11 Å². The number of benzene rings is 2. The second-order valence-electron chi connectivity index (χ2n) is 4.43. The first-order valence-electron chi connectivity index (χ1n) is 6.10. The van der Waals surface area contributed by atoms with Crippen LogP contribution in [0.25, 0.3) is 0 Å². The van der Waals surface area contributed by atoms with Gasteiger partial charge in [0, 0.05) is 11.8 Å². The van der Waals surface area contributed by atoms with Gasteiger partial charge in [-0.05, 0) is 29.8 Å². The number of carbonyl (C=O) groups is 2. The molecular formula is C15H13NO5. The molecule has 0 aromatic heterocycles. The number of phenolic OH excluding ortho intramolecular Hbond substituents is 2. The van der Waals surface area contributed by atoms with Crippen molar-refractivity contribution in [3.8, 4) is 11.5 Å². The van der Waals surface area contributed by atoms with E-state index >= 15 is 0 Å². The van der Waals surface area contributed by atoms with Gasteiger partial charge in [-0.3, -0.25) is 9.59 Å². The number of aromatic hydroxyl groups is 2. The van der Waals surface area contributed by atoms with Crippen LogP contribution >= 0.6 is 0 Å². The number of phenols is 2. The number of carboxylic acids is 1. The summed E-state index contributed by atoms with van der Waals surface area (Å²) in [5.74, 6) is -2.00. The number of carboxylic acid groups (broad SMARTS) is 1. The molecule has 0 heterocycles. The van der Waals surface area contributed by atoms with E-state index < -0.39 is 11.9 Å². The van der Waals surface area contributed by atoms with E-state index in [0.29, 0.717) is 11.3 Å². The summed E-state index contributed by atoms with van der Waals surface area (Å²) in [4.78, 5) is 22.7. The third-order valence-electron chi connectivity index (χ3n) is 2.77. The Morgan fingerprint density at radius 3 is 2.48 bits per heavy atom. The van der Waals surface area contributed by atoms with Gasteiger partial charge in [-0.15, -0.1) is 0 Å². The predicted octanol–water partition coefficient (Wildman–Crippen LogP) is 1.98. The van der Waals surface area contributed by atoms with Crippen molar-refractivity contribution in [3.63, 3.8) is 0 Å². The normalized spacial score (nSPS) is 10.1. The van der Waals surface area contributed by atoms with Crippen molar-refractivity contribution in [1.82, 2.24) is 0 Å². The van der Waals surface area contributed by atoms with Crippen LogP contribution in [0.1, 0.15) is 15.9 Å². The van der Waals surface area contributed by atoms with Crippen molar-refractivity contribution < 1.29 is 24.9 Å². The average Bonchev–Trinajstić information content (AvgIpc) is 2.37. The highest BCUT2D eigenvalue weighted by Crippen LogP contribution is 2.23. The minimum atomic E-state index is -0.963. The van der Waals surface area contributed by atoms with E-state index in [0.717, 1.165) is 6.07 Å². The molecule has 6 nitrogen and oxygen atoms in total. The lowest BCUT2D eigenvalue weighted by Crippen LogP contribution is -2.12. The molecule has 0 spiro atoms. The minimum Gasteiger partial charge on any atom is -0.508 e. The van der Waals surface area contributed by atoms with Crippen molar-refractivity contribution in [2.24, 2.45) is 0 Å². The largest absolute Gasteiger partial charge is 0.508 e. The zero-order chi connectivity index (χ0) is 15.4. The molecule has 6 heteroatoms. The standard InChI is InChI=1S/C15H13NO5/c17-11-4-5-12(13(18)8-11)15(21)16-10-3-1-2-9(6-10)7-14(19)20/h1-6,8,17-18H,7H2,(H,16,21)(H,19,20). The zero-order valence-electron chi connectivity index (χ0n) is 10.9. The summed E-state index contributed by atoms with van der Waals surface area (Å²) in [5, 5.41) is 30.1. The van der Waals surface area contributed by atoms with E-state index in [2.05, 4.69) is 5.32 Å². The first-order valence-corrected chi connectivity index (χ1v) is 6.10. The Bertz CT molecular complexity index is 696. The Hall–Kier alpha value is -3.02. The van der Waals surface area contributed by atoms with E-state index in [-0.39, 0.29) is 23.5 Å². The lowest BCUT2D eigenvalue weighted by molar-refractivity contribution is -0.136. The number of anilines is 1. The number of amides is 1. The van der Waals surface area contributed by atoms with Crippen molar-refractivity contribution >= 4 is 17.6 Å². The smallest absolute Gasteiger partial charge is 0.307 e. The Morgan fingerprint density at radius 2 is 1.81 bits per heavy atom. The summed E-state index contributed by atoms with van der Waals surface area (Å²) >= 11 is 0. The number of hydrogen-bond donors (Lipinski definition) is 4. The molecular weight excluding hydrogens is 274 g/mol. The fourth-order valence-electron chi connectivity index (χ4n) is 1.84. The third-order valence-corrected chi connectivity index (χ3v) is 2.77. The SMILES string of the molecule is O=C(O)Cc1cccc(NC(=O)c2ccc(O)cc2O)c1. The first-order chi connectivity index (χ1) is 9.95. The van der Waals surface area contributed by atoms with Crippen molar-refractivity contribution in [1.29, 1.82) is 0 Å². The van der Waals surface area contributed by atoms with Crippen LogP contribution in [0.15, 0.2) is 42.5 Å². The fourth-order valence-corrected chi connectivity index (χ4v) is 1.84. The number of hydrogen-bond acceptors (Lipinski definition) is 4. The molecule has 2 aromatic rings. The number of rotatable bonds is 4. The summed E-state index contributed by atoms with van der Waals surface area (Å²) in [7, 11) is 0. The number of nitrogens with one attached hydrogen (secondary N) is 1. The van der Waals surface area contributed by atoms with Gasteiger partial charge in [-0.2, -0.15) is 0 Å². The predicted molar refractivity (Wildman–Crippen MR) is 75.5 cm³/mol. The van der Waals surface area contributed by atoms with Crippen LogP contribution < -0.4 is 5.32 Å². The topological polar surface area (TPSA) is 107 Å². The van der Waals surface area contributed by atoms with Crippen molar-refractivity contribution in [2.45, 2.75) is 6.42 Å². The first kappa shape index (κ1) is 14.4. The maximum absolute atomic E-state index is 12.0. The highest BCUT2D eigenvalue weighted by Gasteiger charge is 2.12. The molecule has 2 rings (SSSR count). The van der Waals surface area contributed by atoms with Gasteiger partial charge in [-0.25, -0.2) is 0 Å². The molecule has 0 fully saturated rings. The van der Waals surface area contributed by atoms with Crippen molar-refractivity contribution in [3.05, 3.63) is 53.6 Å². The van der Waals surface area contributed by atoms with E-state index in [1.165, 1.54) is 12.1 Å². The summed E-state index contributed by atoms with van der Waals surface area (Å²) in [6.45, 7) is 0.